The Balaban J connectivity index is 1.82. The summed E-state index contributed by atoms with van der Waals surface area (Å²) >= 11 is 17.3. The molecule has 0 aliphatic heterocycles. The van der Waals surface area contributed by atoms with Crippen LogP contribution < -0.4 is 9.47 Å². The second-order valence-electron chi connectivity index (χ2n) is 5.41. The maximum absolute atomic E-state index is 6.09. The summed E-state index contributed by atoms with van der Waals surface area (Å²) in [7, 11) is 1.63. The zero-order valence-electron chi connectivity index (χ0n) is 13.8. The Morgan fingerprint density at radius 1 is 0.923 bits per heavy atom. The van der Waals surface area contributed by atoms with Crippen LogP contribution in [-0.4, -0.2) is 7.11 Å². The van der Waals surface area contributed by atoms with E-state index in [-0.39, 0.29) is 0 Å². The Bertz CT molecular complexity index is 884. The van der Waals surface area contributed by atoms with E-state index < -0.39 is 0 Å². The van der Waals surface area contributed by atoms with Gasteiger partial charge in [0.15, 0.2) is 11.5 Å². The van der Waals surface area contributed by atoms with Gasteiger partial charge in [-0.15, -0.1) is 0 Å². The van der Waals surface area contributed by atoms with Gasteiger partial charge in [-0.3, -0.25) is 0 Å². The first kappa shape index (κ1) is 19.4. The first-order valence-corrected chi connectivity index (χ1v) is 10.1. The quantitative estimate of drug-likeness (QED) is 0.372. The summed E-state index contributed by atoms with van der Waals surface area (Å²) in [6, 6.07) is 19.3. The Morgan fingerprint density at radius 2 is 1.62 bits per heavy atom. The summed E-state index contributed by atoms with van der Waals surface area (Å²) < 4.78 is 12.3. The van der Waals surface area contributed by atoms with Crippen molar-refractivity contribution >= 4 is 50.9 Å². The third-order valence-corrected chi connectivity index (χ3v) is 5.90. The molecule has 0 radical (unpaired) electrons. The standard InChI is InChI=1S/C20H15BrCl2O2S/c1-24-18-11-20(26-16-8-14(22)7-15(23)9-16)17(21)10-19(18)25-12-13-5-3-2-4-6-13/h2-11H,12H2,1H3. The van der Waals surface area contributed by atoms with Gasteiger partial charge in [0.2, 0.25) is 0 Å². The molecule has 0 amide bonds. The number of benzene rings is 3. The molecule has 0 aliphatic carbocycles. The molecule has 6 heteroatoms. The van der Waals surface area contributed by atoms with Crippen LogP contribution in [0.5, 0.6) is 11.5 Å². The molecule has 3 rings (SSSR count). The van der Waals surface area contributed by atoms with Gasteiger partial charge in [0.1, 0.15) is 6.61 Å². The number of hydrogen-bond donors (Lipinski definition) is 0. The van der Waals surface area contributed by atoms with E-state index in [1.54, 1.807) is 24.9 Å². The topological polar surface area (TPSA) is 18.5 Å². The van der Waals surface area contributed by atoms with E-state index in [0.29, 0.717) is 28.2 Å². The van der Waals surface area contributed by atoms with Gasteiger partial charge in [0.05, 0.1) is 7.11 Å². The van der Waals surface area contributed by atoms with Gasteiger partial charge in [-0.2, -0.15) is 0 Å². The normalized spacial score (nSPS) is 10.6. The fraction of sp³-hybridized carbons (Fsp3) is 0.100. The molecule has 0 spiro atoms. The highest BCUT2D eigenvalue weighted by Crippen LogP contribution is 2.42. The molecule has 0 N–H and O–H groups in total. The third kappa shape index (κ3) is 5.10. The summed E-state index contributed by atoms with van der Waals surface area (Å²) in [6.07, 6.45) is 0. The average Bonchev–Trinajstić information content (AvgIpc) is 2.62. The number of halogens is 3. The Morgan fingerprint density at radius 3 is 2.27 bits per heavy atom. The molecular formula is C20H15BrCl2O2S. The predicted octanol–water partition coefficient (Wildman–Crippen LogP) is 7.49. The molecule has 134 valence electrons. The van der Waals surface area contributed by atoms with Crippen molar-refractivity contribution in [3.63, 3.8) is 0 Å². The smallest absolute Gasteiger partial charge is 0.162 e. The van der Waals surface area contributed by atoms with E-state index in [2.05, 4.69) is 15.9 Å². The second-order valence-corrected chi connectivity index (χ2v) is 8.26. The van der Waals surface area contributed by atoms with E-state index in [0.717, 1.165) is 19.8 Å². The molecule has 0 aliphatic rings. The van der Waals surface area contributed by atoms with Gasteiger partial charge in [0, 0.05) is 24.3 Å². The van der Waals surface area contributed by atoms with Crippen molar-refractivity contribution in [3.8, 4) is 11.5 Å². The maximum Gasteiger partial charge on any atom is 0.162 e. The monoisotopic (exact) mass is 468 g/mol. The van der Waals surface area contributed by atoms with Gasteiger partial charge >= 0.3 is 0 Å². The van der Waals surface area contributed by atoms with E-state index >= 15 is 0 Å². The number of methoxy groups -OCH3 is 1. The summed E-state index contributed by atoms with van der Waals surface area (Å²) in [4.78, 5) is 1.93. The first-order valence-electron chi connectivity index (χ1n) is 7.73. The van der Waals surface area contributed by atoms with Gasteiger partial charge in [-0.1, -0.05) is 65.3 Å². The molecule has 3 aromatic carbocycles. The molecule has 3 aromatic rings. The molecule has 2 nitrogen and oxygen atoms in total. The summed E-state index contributed by atoms with van der Waals surface area (Å²) in [5, 5.41) is 1.21. The minimum absolute atomic E-state index is 0.472. The summed E-state index contributed by atoms with van der Waals surface area (Å²) in [6.45, 7) is 0.472. The van der Waals surface area contributed by atoms with Crippen molar-refractivity contribution in [2.75, 3.05) is 7.11 Å². The largest absolute Gasteiger partial charge is 0.493 e. The van der Waals surface area contributed by atoms with Crippen LogP contribution in [0, 0.1) is 0 Å². The van der Waals surface area contributed by atoms with Crippen LogP contribution in [0.25, 0.3) is 0 Å². The molecule has 0 fully saturated rings. The van der Waals surface area contributed by atoms with Crippen molar-refractivity contribution < 1.29 is 9.47 Å². The zero-order chi connectivity index (χ0) is 18.5. The Labute approximate surface area is 175 Å². The first-order chi connectivity index (χ1) is 12.5. The molecule has 0 bridgehead atoms. The average molecular weight is 470 g/mol. The highest BCUT2D eigenvalue weighted by atomic mass is 79.9. The highest BCUT2D eigenvalue weighted by Gasteiger charge is 2.12. The Hall–Kier alpha value is -1.33. The molecule has 0 heterocycles. The number of hydrogen-bond acceptors (Lipinski definition) is 3. The molecule has 0 saturated carbocycles. The lowest BCUT2D eigenvalue weighted by Gasteiger charge is -2.14. The summed E-state index contributed by atoms with van der Waals surface area (Å²) in [5.74, 6) is 1.34. The van der Waals surface area contributed by atoms with Crippen LogP contribution in [0.4, 0.5) is 0 Å². The van der Waals surface area contributed by atoms with Gasteiger partial charge in [-0.05, 0) is 51.8 Å². The molecule has 0 saturated heterocycles. The van der Waals surface area contributed by atoms with Crippen molar-refractivity contribution in [3.05, 3.63) is 80.7 Å². The minimum atomic E-state index is 0.472. The van der Waals surface area contributed by atoms with E-state index in [1.165, 1.54) is 0 Å². The fourth-order valence-electron chi connectivity index (χ4n) is 2.32. The third-order valence-electron chi connectivity index (χ3n) is 3.52. The number of rotatable bonds is 6. The van der Waals surface area contributed by atoms with Crippen molar-refractivity contribution in [1.82, 2.24) is 0 Å². The number of ether oxygens (including phenoxy) is 2. The van der Waals surface area contributed by atoms with E-state index in [4.69, 9.17) is 32.7 Å². The lowest BCUT2D eigenvalue weighted by molar-refractivity contribution is 0.284. The van der Waals surface area contributed by atoms with Crippen molar-refractivity contribution in [2.45, 2.75) is 16.4 Å². The van der Waals surface area contributed by atoms with Crippen LogP contribution in [-0.2, 0) is 6.61 Å². The van der Waals surface area contributed by atoms with Gasteiger partial charge in [-0.25, -0.2) is 0 Å². The van der Waals surface area contributed by atoms with Crippen LogP contribution in [0.2, 0.25) is 10.0 Å². The lowest BCUT2D eigenvalue weighted by atomic mass is 10.2. The zero-order valence-corrected chi connectivity index (χ0v) is 17.8. The molecule has 26 heavy (non-hydrogen) atoms. The minimum Gasteiger partial charge on any atom is -0.493 e. The van der Waals surface area contributed by atoms with E-state index in [1.807, 2.05) is 54.6 Å². The predicted molar refractivity (Wildman–Crippen MR) is 112 cm³/mol. The highest BCUT2D eigenvalue weighted by molar-refractivity contribution is 9.10. The summed E-state index contributed by atoms with van der Waals surface area (Å²) in [5.41, 5.74) is 1.10. The van der Waals surface area contributed by atoms with Crippen LogP contribution in [0.15, 0.2) is 74.9 Å². The van der Waals surface area contributed by atoms with Crippen LogP contribution in [0.3, 0.4) is 0 Å². The Kier molecular flexibility index (Phi) is 6.76. The fourth-order valence-corrected chi connectivity index (χ4v) is 4.49. The van der Waals surface area contributed by atoms with Crippen molar-refractivity contribution in [1.29, 1.82) is 0 Å². The SMILES string of the molecule is COc1cc(Sc2cc(Cl)cc(Cl)c2)c(Br)cc1OCc1ccccc1. The second kappa shape index (κ2) is 9.05. The van der Waals surface area contributed by atoms with Gasteiger partial charge in [0.25, 0.3) is 0 Å². The molecule has 0 atom stereocenters. The van der Waals surface area contributed by atoms with Crippen molar-refractivity contribution in [2.24, 2.45) is 0 Å². The molecule has 0 unspecified atom stereocenters. The molecule has 0 aromatic heterocycles. The van der Waals surface area contributed by atoms with Gasteiger partial charge < -0.3 is 9.47 Å². The van der Waals surface area contributed by atoms with E-state index in [9.17, 15) is 0 Å². The van der Waals surface area contributed by atoms with Crippen LogP contribution in [0.1, 0.15) is 5.56 Å². The lowest BCUT2D eigenvalue weighted by Crippen LogP contribution is -1.98. The molecular weight excluding hydrogens is 455 g/mol. The maximum atomic E-state index is 6.09. The van der Waals surface area contributed by atoms with Crippen LogP contribution >= 0.6 is 50.9 Å².